The number of nitrogens with zero attached hydrogens (tertiary/aromatic N) is 2. The molecular formula is C18H18ClN3O. The molecule has 2 heterocycles. The molecule has 3 rings (SSSR count). The molecule has 1 aromatic carbocycles. The zero-order chi connectivity index (χ0) is 16.4. The van der Waals surface area contributed by atoms with Gasteiger partial charge in [0, 0.05) is 34.9 Å². The molecule has 0 radical (unpaired) electrons. The van der Waals surface area contributed by atoms with Crippen LogP contribution in [0.5, 0.6) is 0 Å². The Kier molecular flexibility index (Phi) is 4.46. The molecule has 0 amide bonds. The molecule has 3 aromatic rings. The summed E-state index contributed by atoms with van der Waals surface area (Å²) in [5, 5.41) is 1.59. The second-order valence-electron chi connectivity index (χ2n) is 5.70. The van der Waals surface area contributed by atoms with Gasteiger partial charge in [-0.25, -0.2) is 0 Å². The number of hydrogen-bond donors (Lipinski definition) is 1. The third kappa shape index (κ3) is 3.44. The molecule has 0 aliphatic rings. The Hall–Kier alpha value is -2.17. The minimum atomic E-state index is -0.0835. The van der Waals surface area contributed by atoms with E-state index in [-0.39, 0.29) is 11.6 Å². The van der Waals surface area contributed by atoms with Crippen LogP contribution in [-0.2, 0) is 6.54 Å². The van der Waals surface area contributed by atoms with Crippen molar-refractivity contribution >= 4 is 22.5 Å². The maximum atomic E-state index is 12.3. The van der Waals surface area contributed by atoms with Crippen molar-refractivity contribution in [2.75, 3.05) is 7.05 Å². The predicted octanol–water partition coefficient (Wildman–Crippen LogP) is 3.77. The van der Waals surface area contributed by atoms with Gasteiger partial charge in [-0.3, -0.25) is 14.7 Å². The van der Waals surface area contributed by atoms with Crippen molar-refractivity contribution in [3.8, 4) is 0 Å². The summed E-state index contributed by atoms with van der Waals surface area (Å²) in [5.41, 5.74) is 2.38. The first-order chi connectivity index (χ1) is 11.0. The van der Waals surface area contributed by atoms with E-state index in [1.807, 2.05) is 43.4 Å². The van der Waals surface area contributed by atoms with Gasteiger partial charge in [-0.2, -0.15) is 0 Å². The van der Waals surface area contributed by atoms with Crippen molar-refractivity contribution < 1.29 is 0 Å². The summed E-state index contributed by atoms with van der Waals surface area (Å²) in [6, 6.07) is 13.4. The van der Waals surface area contributed by atoms with Crippen LogP contribution in [0.25, 0.3) is 10.9 Å². The molecule has 118 valence electrons. The van der Waals surface area contributed by atoms with Gasteiger partial charge in [-0.1, -0.05) is 23.7 Å². The highest BCUT2D eigenvalue weighted by molar-refractivity contribution is 6.31. The van der Waals surface area contributed by atoms with E-state index in [9.17, 15) is 4.79 Å². The highest BCUT2D eigenvalue weighted by atomic mass is 35.5. The van der Waals surface area contributed by atoms with Gasteiger partial charge in [0.25, 0.3) is 5.56 Å². The molecule has 23 heavy (non-hydrogen) atoms. The van der Waals surface area contributed by atoms with Crippen LogP contribution in [0.3, 0.4) is 0 Å². The number of hydrogen-bond acceptors (Lipinski definition) is 3. The molecule has 0 aliphatic carbocycles. The molecule has 0 saturated heterocycles. The molecule has 0 fully saturated rings. The van der Waals surface area contributed by atoms with Crippen LogP contribution in [0.15, 0.2) is 53.5 Å². The maximum Gasteiger partial charge on any atom is 0.252 e. The molecule has 0 unspecified atom stereocenters. The first kappa shape index (κ1) is 15.7. The summed E-state index contributed by atoms with van der Waals surface area (Å²) < 4.78 is 0. The molecule has 2 aromatic heterocycles. The van der Waals surface area contributed by atoms with Crippen LogP contribution in [0.4, 0.5) is 0 Å². The molecule has 1 N–H and O–H groups in total. The summed E-state index contributed by atoms with van der Waals surface area (Å²) >= 11 is 5.97. The summed E-state index contributed by atoms with van der Waals surface area (Å²) in [4.78, 5) is 21.7. The predicted molar refractivity (Wildman–Crippen MR) is 93.7 cm³/mol. The number of nitrogens with one attached hydrogen (secondary N) is 1. The molecule has 0 aliphatic heterocycles. The van der Waals surface area contributed by atoms with Crippen LogP contribution in [0.2, 0.25) is 5.02 Å². The number of H-pyrrole nitrogens is 1. The Labute approximate surface area is 139 Å². The Morgan fingerprint density at radius 3 is 2.83 bits per heavy atom. The Morgan fingerprint density at radius 1 is 1.26 bits per heavy atom. The lowest BCUT2D eigenvalue weighted by Crippen LogP contribution is -2.26. The number of halogens is 1. The van der Waals surface area contributed by atoms with Crippen LogP contribution in [0.1, 0.15) is 24.2 Å². The zero-order valence-electron chi connectivity index (χ0n) is 13.1. The van der Waals surface area contributed by atoms with Gasteiger partial charge in [-0.15, -0.1) is 0 Å². The minimum Gasteiger partial charge on any atom is -0.322 e. The first-order valence-corrected chi connectivity index (χ1v) is 7.85. The topological polar surface area (TPSA) is 49.0 Å². The number of aromatic nitrogens is 2. The molecule has 1 atom stereocenters. The van der Waals surface area contributed by atoms with E-state index in [0.29, 0.717) is 11.6 Å². The van der Waals surface area contributed by atoms with E-state index >= 15 is 0 Å². The van der Waals surface area contributed by atoms with Gasteiger partial charge in [0.15, 0.2) is 0 Å². The Morgan fingerprint density at radius 2 is 2.09 bits per heavy atom. The number of fused-ring (bicyclic) bond motifs is 1. The molecule has 4 nitrogen and oxygen atoms in total. The van der Waals surface area contributed by atoms with E-state index < -0.39 is 0 Å². The van der Waals surface area contributed by atoms with Crippen LogP contribution in [-0.4, -0.2) is 21.9 Å². The van der Waals surface area contributed by atoms with Crippen molar-refractivity contribution in [1.29, 1.82) is 0 Å². The molecule has 0 spiro atoms. The van der Waals surface area contributed by atoms with Gasteiger partial charge in [-0.05, 0) is 49.7 Å². The number of rotatable bonds is 4. The summed E-state index contributed by atoms with van der Waals surface area (Å²) in [7, 11) is 1.99. The van der Waals surface area contributed by atoms with Crippen LogP contribution in [0, 0.1) is 0 Å². The fourth-order valence-corrected chi connectivity index (χ4v) is 2.76. The lowest BCUT2D eigenvalue weighted by atomic mass is 10.1. The highest BCUT2D eigenvalue weighted by Gasteiger charge is 2.14. The molecule has 5 heteroatoms. The third-order valence-corrected chi connectivity index (χ3v) is 4.32. The van der Waals surface area contributed by atoms with Crippen molar-refractivity contribution in [3.63, 3.8) is 0 Å². The van der Waals surface area contributed by atoms with Gasteiger partial charge >= 0.3 is 0 Å². The number of benzene rings is 1. The SMILES string of the molecule is C[C@H](c1ccccn1)N(C)Cc1cc2ccc(Cl)cc2[nH]c1=O. The maximum absolute atomic E-state index is 12.3. The largest absolute Gasteiger partial charge is 0.322 e. The zero-order valence-corrected chi connectivity index (χ0v) is 13.8. The van der Waals surface area contributed by atoms with Gasteiger partial charge in [0.2, 0.25) is 0 Å². The molecule has 0 bridgehead atoms. The van der Waals surface area contributed by atoms with Crippen molar-refractivity contribution in [1.82, 2.24) is 14.9 Å². The summed E-state index contributed by atoms with van der Waals surface area (Å²) in [6.07, 6.45) is 1.78. The fourth-order valence-electron chi connectivity index (χ4n) is 2.59. The van der Waals surface area contributed by atoms with Crippen molar-refractivity contribution in [3.05, 3.63) is 75.3 Å². The second kappa shape index (κ2) is 6.52. The van der Waals surface area contributed by atoms with Crippen LogP contribution >= 0.6 is 11.6 Å². The normalized spacial score (nSPS) is 12.7. The minimum absolute atomic E-state index is 0.0835. The Bertz CT molecular complexity index is 876. The average Bonchev–Trinajstić information content (AvgIpc) is 2.55. The lowest BCUT2D eigenvalue weighted by molar-refractivity contribution is 0.248. The van der Waals surface area contributed by atoms with Gasteiger partial charge in [0.05, 0.1) is 5.69 Å². The number of aromatic amines is 1. The van der Waals surface area contributed by atoms with Crippen molar-refractivity contribution in [2.24, 2.45) is 0 Å². The standard InChI is InChI=1S/C18H18ClN3O/c1-12(16-5-3-4-8-20-16)22(2)11-14-9-13-6-7-15(19)10-17(13)21-18(14)23/h3-10,12H,11H2,1-2H3,(H,21,23)/t12-/m1/s1. The number of pyridine rings is 2. The van der Waals surface area contributed by atoms with E-state index in [2.05, 4.69) is 21.8 Å². The fraction of sp³-hybridized carbons (Fsp3) is 0.222. The van der Waals surface area contributed by atoms with Crippen molar-refractivity contribution in [2.45, 2.75) is 19.5 Å². The van der Waals surface area contributed by atoms with E-state index in [1.165, 1.54) is 0 Å². The third-order valence-electron chi connectivity index (χ3n) is 4.08. The second-order valence-corrected chi connectivity index (χ2v) is 6.14. The average molecular weight is 328 g/mol. The highest BCUT2D eigenvalue weighted by Crippen LogP contribution is 2.20. The van der Waals surface area contributed by atoms with E-state index in [1.54, 1.807) is 12.3 Å². The quantitative estimate of drug-likeness (QED) is 0.793. The first-order valence-electron chi connectivity index (χ1n) is 7.47. The summed E-state index contributed by atoms with van der Waals surface area (Å²) in [6.45, 7) is 2.63. The van der Waals surface area contributed by atoms with E-state index in [4.69, 9.17) is 11.6 Å². The van der Waals surface area contributed by atoms with Gasteiger partial charge < -0.3 is 4.98 Å². The smallest absolute Gasteiger partial charge is 0.252 e. The van der Waals surface area contributed by atoms with Crippen LogP contribution < -0.4 is 5.56 Å². The molecule has 0 saturated carbocycles. The lowest BCUT2D eigenvalue weighted by Gasteiger charge is -2.24. The Balaban J connectivity index is 1.87. The van der Waals surface area contributed by atoms with E-state index in [0.717, 1.165) is 22.2 Å². The molecular weight excluding hydrogens is 310 g/mol. The monoisotopic (exact) mass is 327 g/mol. The van der Waals surface area contributed by atoms with Gasteiger partial charge in [0.1, 0.15) is 0 Å². The summed E-state index contributed by atoms with van der Waals surface area (Å²) in [5.74, 6) is 0.